The van der Waals surface area contributed by atoms with Crippen LogP contribution in [0.5, 0.6) is 0 Å². The summed E-state index contributed by atoms with van der Waals surface area (Å²) >= 11 is 0. The van der Waals surface area contributed by atoms with Crippen LogP contribution in [0.25, 0.3) is 0 Å². The van der Waals surface area contributed by atoms with Crippen molar-refractivity contribution in [3.63, 3.8) is 0 Å². The van der Waals surface area contributed by atoms with E-state index < -0.39 is 0 Å². The maximum atomic E-state index is 4.31. The first-order chi connectivity index (χ1) is 5.97. The molecule has 12 heavy (non-hydrogen) atoms. The smallest absolute Gasteiger partial charge is 0.201 e. The molecule has 0 bridgehead atoms. The van der Waals surface area contributed by atoms with Gasteiger partial charge < -0.3 is 4.90 Å². The molecule has 1 aliphatic heterocycles. The highest BCUT2D eigenvalue weighted by atomic mass is 15.2. The summed E-state index contributed by atoms with van der Waals surface area (Å²) in [6.45, 7) is 4.11. The molecule has 2 rings (SSSR count). The maximum absolute atomic E-state index is 4.31. The molecule has 0 aliphatic carbocycles. The molecular formula is C10H13N2+. The third kappa shape index (κ3) is 1.59. The first-order valence-corrected chi connectivity index (χ1v) is 4.40. The number of benzene rings is 1. The van der Waals surface area contributed by atoms with Gasteiger partial charge in [-0.25, -0.2) is 0 Å². The fraction of sp³-hybridized carbons (Fsp3) is 0.400. The minimum Gasteiger partial charge on any atom is -0.359 e. The topological polar surface area (TPSA) is 17.3 Å². The first kappa shape index (κ1) is 7.62. The molecule has 2 nitrogen and oxygen atoms in total. The van der Waals surface area contributed by atoms with Crippen molar-refractivity contribution >= 4 is 5.69 Å². The van der Waals surface area contributed by atoms with Gasteiger partial charge in [-0.2, -0.15) is 0 Å². The van der Waals surface area contributed by atoms with E-state index in [2.05, 4.69) is 40.5 Å². The highest BCUT2D eigenvalue weighted by Gasteiger charge is 2.17. The second-order valence-electron chi connectivity index (χ2n) is 2.99. The Morgan fingerprint density at radius 1 is 1.00 bits per heavy atom. The van der Waals surface area contributed by atoms with Gasteiger partial charge in [-0.1, -0.05) is 18.2 Å². The van der Waals surface area contributed by atoms with Gasteiger partial charge in [-0.15, -0.1) is 0 Å². The van der Waals surface area contributed by atoms with E-state index in [-0.39, 0.29) is 0 Å². The summed E-state index contributed by atoms with van der Waals surface area (Å²) in [6, 6.07) is 10.5. The summed E-state index contributed by atoms with van der Waals surface area (Å²) in [6.07, 6.45) is 0. The first-order valence-electron chi connectivity index (χ1n) is 4.40. The number of piperazine rings is 1. The van der Waals surface area contributed by atoms with Gasteiger partial charge in [0.25, 0.3) is 0 Å². The quantitative estimate of drug-likeness (QED) is 0.603. The Hall–Kier alpha value is -1.02. The summed E-state index contributed by atoms with van der Waals surface area (Å²) in [7, 11) is 0. The minimum absolute atomic E-state index is 0.981. The van der Waals surface area contributed by atoms with Gasteiger partial charge in [-0.05, 0) is 12.1 Å². The molecule has 0 aromatic heterocycles. The predicted molar refractivity (Wildman–Crippen MR) is 50.5 cm³/mol. The Balaban J connectivity index is 2.08. The summed E-state index contributed by atoms with van der Waals surface area (Å²) in [4.78, 5) is 2.38. The van der Waals surface area contributed by atoms with Crippen molar-refractivity contribution in [2.45, 2.75) is 0 Å². The number of para-hydroxylation sites is 1. The Morgan fingerprint density at radius 2 is 1.67 bits per heavy atom. The molecule has 0 atom stereocenters. The van der Waals surface area contributed by atoms with Crippen LogP contribution in [0.15, 0.2) is 30.3 Å². The van der Waals surface area contributed by atoms with Crippen molar-refractivity contribution in [3.05, 3.63) is 30.3 Å². The molecule has 0 spiro atoms. The van der Waals surface area contributed by atoms with Crippen LogP contribution in [0.1, 0.15) is 0 Å². The van der Waals surface area contributed by atoms with Crippen LogP contribution < -0.4 is 10.2 Å². The lowest BCUT2D eigenvalue weighted by molar-refractivity contribution is 0.579. The predicted octanol–water partition coefficient (Wildman–Crippen LogP) is 1.11. The molecule has 0 unspecified atom stereocenters. The van der Waals surface area contributed by atoms with Crippen molar-refractivity contribution < 1.29 is 0 Å². The Labute approximate surface area is 73.2 Å². The minimum atomic E-state index is 0.981. The van der Waals surface area contributed by atoms with Crippen LogP contribution in [0.4, 0.5) is 5.69 Å². The van der Waals surface area contributed by atoms with E-state index in [0.29, 0.717) is 0 Å². The van der Waals surface area contributed by atoms with Crippen LogP contribution in [0, 0.1) is 0 Å². The molecule has 1 saturated heterocycles. The van der Waals surface area contributed by atoms with Gasteiger partial charge in [0.2, 0.25) is 13.1 Å². The summed E-state index contributed by atoms with van der Waals surface area (Å²) in [5.74, 6) is 0. The van der Waals surface area contributed by atoms with Crippen molar-refractivity contribution in [1.29, 1.82) is 0 Å². The van der Waals surface area contributed by atoms with Gasteiger partial charge in [0, 0.05) is 5.69 Å². The van der Waals surface area contributed by atoms with Crippen LogP contribution in [-0.2, 0) is 0 Å². The number of hydrogen-bond donors (Lipinski definition) is 0. The summed E-state index contributed by atoms with van der Waals surface area (Å²) in [5, 5.41) is 4.31. The molecule has 1 aliphatic rings. The second kappa shape index (κ2) is 3.59. The van der Waals surface area contributed by atoms with Crippen LogP contribution in [0.3, 0.4) is 0 Å². The average molecular weight is 161 g/mol. The van der Waals surface area contributed by atoms with Gasteiger partial charge >= 0.3 is 0 Å². The molecule has 1 heterocycles. The third-order valence-corrected chi connectivity index (χ3v) is 2.18. The Kier molecular flexibility index (Phi) is 2.28. The number of hydrogen-bond acceptors (Lipinski definition) is 1. The molecule has 2 radical (unpaired) electrons. The number of nitrogens with zero attached hydrogens (tertiary/aromatic N) is 2. The van der Waals surface area contributed by atoms with Crippen LogP contribution in [-0.4, -0.2) is 26.2 Å². The zero-order valence-electron chi connectivity index (χ0n) is 7.11. The zero-order valence-corrected chi connectivity index (χ0v) is 7.11. The molecule has 0 amide bonds. The van der Waals surface area contributed by atoms with Gasteiger partial charge in [0.1, 0.15) is 0 Å². The molecule has 62 valence electrons. The van der Waals surface area contributed by atoms with E-state index in [1.807, 2.05) is 0 Å². The molecular weight excluding hydrogens is 148 g/mol. The van der Waals surface area contributed by atoms with Crippen molar-refractivity contribution in [3.8, 4) is 0 Å². The largest absolute Gasteiger partial charge is 0.359 e. The van der Waals surface area contributed by atoms with Gasteiger partial charge in [-0.3, -0.25) is 0 Å². The third-order valence-electron chi connectivity index (χ3n) is 2.18. The van der Waals surface area contributed by atoms with E-state index in [1.54, 1.807) is 0 Å². The Morgan fingerprint density at radius 3 is 2.33 bits per heavy atom. The number of anilines is 1. The SMILES string of the molecule is c1ccc(N2CC[N+]CC2)cc1. The van der Waals surface area contributed by atoms with E-state index in [1.165, 1.54) is 5.69 Å². The Bertz CT molecular complexity index is 227. The zero-order chi connectivity index (χ0) is 8.23. The molecule has 1 aromatic rings. The van der Waals surface area contributed by atoms with Crippen LogP contribution >= 0.6 is 0 Å². The second-order valence-corrected chi connectivity index (χ2v) is 2.99. The number of rotatable bonds is 1. The fourth-order valence-corrected chi connectivity index (χ4v) is 1.50. The molecule has 2 heteroatoms. The van der Waals surface area contributed by atoms with E-state index in [4.69, 9.17) is 0 Å². The molecule has 1 fully saturated rings. The lowest BCUT2D eigenvalue weighted by Crippen LogP contribution is -2.40. The maximum Gasteiger partial charge on any atom is 0.201 e. The monoisotopic (exact) mass is 161 g/mol. The van der Waals surface area contributed by atoms with Crippen molar-refractivity contribution in [2.75, 3.05) is 31.1 Å². The summed E-state index contributed by atoms with van der Waals surface area (Å²) < 4.78 is 0. The lowest BCUT2D eigenvalue weighted by Gasteiger charge is -2.23. The molecule has 1 aromatic carbocycles. The highest BCUT2D eigenvalue weighted by Crippen LogP contribution is 2.12. The van der Waals surface area contributed by atoms with Gasteiger partial charge in [0.15, 0.2) is 0 Å². The highest BCUT2D eigenvalue weighted by molar-refractivity contribution is 5.46. The normalized spacial score (nSPS) is 17.8. The standard InChI is InChI=1S/C10H13N2/c1-2-4-10(5-3-1)12-8-6-11-7-9-12/h1-5H,6-9H2/q+1. The fourth-order valence-electron chi connectivity index (χ4n) is 1.50. The van der Waals surface area contributed by atoms with Crippen molar-refractivity contribution in [1.82, 2.24) is 5.32 Å². The molecule has 0 N–H and O–H groups in total. The van der Waals surface area contributed by atoms with Crippen LogP contribution in [0.2, 0.25) is 0 Å². The average Bonchev–Trinajstić information content (AvgIpc) is 2.21. The van der Waals surface area contributed by atoms with E-state index in [0.717, 1.165) is 26.2 Å². The van der Waals surface area contributed by atoms with Crippen molar-refractivity contribution in [2.24, 2.45) is 0 Å². The summed E-state index contributed by atoms with van der Waals surface area (Å²) in [5.41, 5.74) is 1.33. The van der Waals surface area contributed by atoms with Gasteiger partial charge in [0.05, 0.1) is 18.4 Å². The van der Waals surface area contributed by atoms with E-state index >= 15 is 0 Å². The molecule has 0 saturated carbocycles. The van der Waals surface area contributed by atoms with E-state index in [9.17, 15) is 0 Å². The lowest BCUT2D eigenvalue weighted by atomic mass is 10.2.